The first-order valence-electron chi connectivity index (χ1n) is 11.0. The third-order valence-corrected chi connectivity index (χ3v) is 6.87. The van der Waals surface area contributed by atoms with E-state index in [9.17, 15) is 0 Å². The van der Waals surface area contributed by atoms with E-state index < -0.39 is 22.9 Å². The largest absolute Gasteiger partial charge is 0.385 e. The van der Waals surface area contributed by atoms with Gasteiger partial charge in [-0.05, 0) is 69.7 Å². The van der Waals surface area contributed by atoms with Gasteiger partial charge in [-0.3, -0.25) is 9.98 Å². The van der Waals surface area contributed by atoms with E-state index in [1.807, 2.05) is 6.07 Å². The van der Waals surface area contributed by atoms with Crippen LogP contribution in [0.4, 0.5) is 13.2 Å². The van der Waals surface area contributed by atoms with Gasteiger partial charge in [0.05, 0.1) is 5.56 Å². The maximum Gasteiger partial charge on any atom is 0.304 e. The molecule has 2 heterocycles. The van der Waals surface area contributed by atoms with E-state index >= 15 is 13.2 Å². The summed E-state index contributed by atoms with van der Waals surface area (Å²) in [6, 6.07) is 8.27. The minimum Gasteiger partial charge on any atom is -0.385 e. The highest BCUT2D eigenvalue weighted by Gasteiger charge is 2.63. The van der Waals surface area contributed by atoms with Crippen LogP contribution in [0, 0.1) is 17.1 Å². The zero-order valence-electron chi connectivity index (χ0n) is 19.0. The van der Waals surface area contributed by atoms with Crippen LogP contribution in [0.1, 0.15) is 67.5 Å². The number of nitrogens with zero attached hydrogens (tertiary/aromatic N) is 3. The average molecular weight is 457 g/mol. The monoisotopic (exact) mass is 456 g/mol. The fraction of sp³-hybridized carbons (Fsp3) is 0.480. The molecular formula is C25H27F3N4O. The van der Waals surface area contributed by atoms with Crippen molar-refractivity contribution in [3.63, 3.8) is 0 Å². The number of aromatic nitrogens is 1. The number of pyridine rings is 1. The molecule has 0 saturated carbocycles. The van der Waals surface area contributed by atoms with Crippen molar-refractivity contribution in [2.45, 2.75) is 69.4 Å². The van der Waals surface area contributed by atoms with Gasteiger partial charge in [-0.15, -0.1) is 0 Å². The Bertz CT molecular complexity index is 1150. The van der Waals surface area contributed by atoms with Gasteiger partial charge in [0.25, 0.3) is 0 Å². The summed E-state index contributed by atoms with van der Waals surface area (Å²) in [7, 11) is 0. The van der Waals surface area contributed by atoms with Gasteiger partial charge >= 0.3 is 5.92 Å². The van der Waals surface area contributed by atoms with E-state index in [1.54, 1.807) is 12.3 Å². The second-order valence-electron chi connectivity index (χ2n) is 9.54. The summed E-state index contributed by atoms with van der Waals surface area (Å²) in [4.78, 5) is 8.57. The topological polar surface area (TPSA) is 84.3 Å². The molecule has 0 fully saturated rings. The molecule has 4 rings (SSSR count). The zero-order valence-corrected chi connectivity index (χ0v) is 19.0. The quantitative estimate of drug-likeness (QED) is 0.721. The van der Waals surface area contributed by atoms with Gasteiger partial charge in [0, 0.05) is 23.4 Å². The molecule has 0 saturated heterocycles. The third kappa shape index (κ3) is 3.89. The number of ether oxygens (including phenoxy) is 1. The highest BCUT2D eigenvalue weighted by atomic mass is 19.3. The van der Waals surface area contributed by atoms with Crippen LogP contribution in [0.15, 0.2) is 35.5 Å². The van der Waals surface area contributed by atoms with E-state index in [2.05, 4.69) is 16.0 Å². The molecule has 5 nitrogen and oxygen atoms in total. The molecule has 0 amide bonds. The lowest BCUT2D eigenvalue weighted by Crippen LogP contribution is -2.56. The first-order chi connectivity index (χ1) is 15.5. The summed E-state index contributed by atoms with van der Waals surface area (Å²) in [5.74, 6) is -4.36. The molecule has 0 bridgehead atoms. The van der Waals surface area contributed by atoms with Gasteiger partial charge in [-0.2, -0.15) is 5.26 Å². The Hall–Kier alpha value is -2.92. The Morgan fingerprint density at radius 2 is 2.00 bits per heavy atom. The second kappa shape index (κ2) is 8.14. The van der Waals surface area contributed by atoms with Crippen LogP contribution >= 0.6 is 0 Å². The molecule has 1 aliphatic carbocycles. The number of aliphatic imine (C=N–C) groups is 1. The average Bonchev–Trinajstić information content (AvgIpc) is 2.83. The Labute approximate surface area is 191 Å². The van der Waals surface area contributed by atoms with Crippen molar-refractivity contribution in [3.8, 4) is 6.07 Å². The molecule has 1 aliphatic heterocycles. The predicted octanol–water partition coefficient (Wildman–Crippen LogP) is 4.77. The summed E-state index contributed by atoms with van der Waals surface area (Å²) in [6.07, 6.45) is 4.72. The molecule has 1 unspecified atom stereocenters. The molecule has 2 aromatic rings. The molecule has 2 aliphatic rings. The maximum atomic E-state index is 15.7. The van der Waals surface area contributed by atoms with E-state index in [0.29, 0.717) is 17.5 Å². The number of amidine groups is 1. The van der Waals surface area contributed by atoms with Gasteiger partial charge in [0.2, 0.25) is 0 Å². The first kappa shape index (κ1) is 23.2. The second-order valence-corrected chi connectivity index (χ2v) is 9.54. The maximum absolute atomic E-state index is 15.7. The fourth-order valence-electron chi connectivity index (χ4n) is 4.93. The van der Waals surface area contributed by atoms with Crippen LogP contribution in [0.2, 0.25) is 0 Å². The highest BCUT2D eigenvalue weighted by molar-refractivity contribution is 5.82. The lowest BCUT2D eigenvalue weighted by molar-refractivity contribution is -0.214. The molecule has 8 heteroatoms. The van der Waals surface area contributed by atoms with Crippen molar-refractivity contribution in [1.29, 1.82) is 5.26 Å². The molecule has 33 heavy (non-hydrogen) atoms. The van der Waals surface area contributed by atoms with Gasteiger partial charge < -0.3 is 10.5 Å². The van der Waals surface area contributed by atoms with Crippen molar-refractivity contribution in [2.75, 3.05) is 6.61 Å². The Morgan fingerprint density at radius 1 is 1.24 bits per heavy atom. The summed E-state index contributed by atoms with van der Waals surface area (Å²) in [6.45, 7) is 3.48. The summed E-state index contributed by atoms with van der Waals surface area (Å²) in [5, 5.41) is 9.15. The first-order valence-corrected chi connectivity index (χ1v) is 11.0. The fourth-order valence-corrected chi connectivity index (χ4v) is 4.93. The van der Waals surface area contributed by atoms with E-state index in [1.165, 1.54) is 32.9 Å². The number of nitriles is 1. The van der Waals surface area contributed by atoms with Gasteiger partial charge in [0.1, 0.15) is 29.9 Å². The molecule has 1 aromatic heterocycles. The Kier molecular flexibility index (Phi) is 5.73. The summed E-state index contributed by atoms with van der Waals surface area (Å²) >= 11 is 0. The number of benzene rings is 1. The van der Waals surface area contributed by atoms with Crippen LogP contribution < -0.4 is 5.73 Å². The number of alkyl halides is 2. The minimum absolute atomic E-state index is 0.0515. The smallest absolute Gasteiger partial charge is 0.304 e. The van der Waals surface area contributed by atoms with Crippen LogP contribution in [-0.4, -0.2) is 29.0 Å². The number of halogens is 3. The minimum atomic E-state index is -3.53. The van der Waals surface area contributed by atoms with Crippen molar-refractivity contribution < 1.29 is 17.9 Å². The van der Waals surface area contributed by atoms with E-state index in [4.69, 9.17) is 15.7 Å². The van der Waals surface area contributed by atoms with Gasteiger partial charge in [0.15, 0.2) is 5.54 Å². The number of fused-ring (bicyclic) bond motifs is 1. The summed E-state index contributed by atoms with van der Waals surface area (Å²) in [5.41, 5.74) is 4.66. The molecule has 2 atom stereocenters. The van der Waals surface area contributed by atoms with Crippen LogP contribution in [0.25, 0.3) is 0 Å². The summed E-state index contributed by atoms with van der Waals surface area (Å²) < 4.78 is 51.7. The molecule has 174 valence electrons. The van der Waals surface area contributed by atoms with Crippen molar-refractivity contribution >= 4 is 5.84 Å². The SMILES string of the molecule is CC1(C)OCC(N)=N[C@](C)(c2cc(CC3CCCc4cc(C#N)cnc43)ccc2F)C1(F)F. The lowest BCUT2D eigenvalue weighted by Gasteiger charge is -2.42. The number of nitrogens with two attached hydrogens (primary N) is 1. The highest BCUT2D eigenvalue weighted by Crippen LogP contribution is 2.50. The predicted molar refractivity (Wildman–Crippen MR) is 119 cm³/mol. The van der Waals surface area contributed by atoms with Crippen molar-refractivity contribution in [1.82, 2.24) is 4.98 Å². The molecule has 2 N–H and O–H groups in total. The standard InChI is InChI=1S/C25H27F3N4O/c1-23(2)25(27,28)24(3,32-21(30)14-33-23)19-11-15(7-8-20(19)26)9-17-5-4-6-18-10-16(12-29)13-31-22(17)18/h7-8,10-11,13,17H,4-6,9,14H2,1-3H3,(H2,30,32)/t17?,24-/m1/s1. The number of hydrogen-bond donors (Lipinski definition) is 1. The number of hydrogen-bond acceptors (Lipinski definition) is 5. The molecule has 0 spiro atoms. The molecule has 1 aromatic carbocycles. The van der Waals surface area contributed by atoms with Gasteiger partial charge in [-0.25, -0.2) is 13.2 Å². The number of aryl methyl sites for hydroxylation is 1. The van der Waals surface area contributed by atoms with Crippen LogP contribution in [0.3, 0.4) is 0 Å². The number of rotatable bonds is 3. The Morgan fingerprint density at radius 3 is 2.73 bits per heavy atom. The Balaban J connectivity index is 1.74. The van der Waals surface area contributed by atoms with Crippen molar-refractivity contribution in [3.05, 3.63) is 64.2 Å². The molecular weight excluding hydrogens is 429 g/mol. The van der Waals surface area contributed by atoms with Gasteiger partial charge in [-0.1, -0.05) is 12.1 Å². The van der Waals surface area contributed by atoms with Crippen LogP contribution in [0.5, 0.6) is 0 Å². The lowest BCUT2D eigenvalue weighted by atomic mass is 9.76. The normalized spacial score (nSPS) is 26.0. The van der Waals surface area contributed by atoms with Crippen molar-refractivity contribution in [2.24, 2.45) is 10.7 Å². The molecule has 0 radical (unpaired) electrons. The van der Waals surface area contributed by atoms with E-state index in [0.717, 1.165) is 30.5 Å². The zero-order chi connectivity index (χ0) is 24.0. The van der Waals surface area contributed by atoms with Crippen LogP contribution in [-0.2, 0) is 23.1 Å². The third-order valence-electron chi connectivity index (χ3n) is 6.87. The van der Waals surface area contributed by atoms with E-state index in [-0.39, 0.29) is 23.9 Å².